The number of halogens is 1. The summed E-state index contributed by atoms with van der Waals surface area (Å²) in [6.45, 7) is 2.01. The molecule has 1 nitrogen and oxygen atoms in total. The molecule has 0 spiro atoms. The second-order valence-electron chi connectivity index (χ2n) is 3.92. The fourth-order valence-corrected chi connectivity index (χ4v) is 1.75. The number of ether oxygens (including phenoxy) is 1. The van der Waals surface area contributed by atoms with E-state index in [1.807, 2.05) is 43.3 Å². The summed E-state index contributed by atoms with van der Waals surface area (Å²) in [6, 6.07) is 13.2. The molecule has 0 heterocycles. The van der Waals surface area contributed by atoms with E-state index in [-0.39, 0.29) is 0 Å². The molecular formula is C16H12ClO. The van der Waals surface area contributed by atoms with Gasteiger partial charge in [-0.2, -0.15) is 0 Å². The van der Waals surface area contributed by atoms with Crippen molar-refractivity contribution in [3.05, 3.63) is 65.0 Å². The van der Waals surface area contributed by atoms with Gasteiger partial charge in [0.15, 0.2) is 0 Å². The van der Waals surface area contributed by atoms with Gasteiger partial charge in [-0.15, -0.1) is 6.42 Å². The molecule has 0 saturated carbocycles. The normalized spacial score (nSPS) is 9.83. The Kier molecular flexibility index (Phi) is 3.92. The van der Waals surface area contributed by atoms with Crippen molar-refractivity contribution >= 4 is 11.6 Å². The van der Waals surface area contributed by atoms with Gasteiger partial charge in [0.25, 0.3) is 0 Å². The third kappa shape index (κ3) is 3.06. The summed E-state index contributed by atoms with van der Waals surface area (Å²) in [6.07, 6.45) is 6.91. The van der Waals surface area contributed by atoms with E-state index in [0.29, 0.717) is 10.8 Å². The van der Waals surface area contributed by atoms with Crippen LogP contribution in [0, 0.1) is 25.7 Å². The topological polar surface area (TPSA) is 9.23 Å². The van der Waals surface area contributed by atoms with Crippen molar-refractivity contribution < 1.29 is 4.74 Å². The SMILES string of the molecule is C#C[CH]c1ccc(Cl)c(Oc2cccc(C)c2)c1. The van der Waals surface area contributed by atoms with Crippen LogP contribution in [-0.2, 0) is 0 Å². The molecule has 0 bridgehead atoms. The van der Waals surface area contributed by atoms with Gasteiger partial charge in [-0.1, -0.05) is 35.7 Å². The highest BCUT2D eigenvalue weighted by atomic mass is 35.5. The van der Waals surface area contributed by atoms with Gasteiger partial charge in [0.1, 0.15) is 11.5 Å². The highest BCUT2D eigenvalue weighted by Gasteiger charge is 2.05. The van der Waals surface area contributed by atoms with Crippen LogP contribution in [0.5, 0.6) is 11.5 Å². The quantitative estimate of drug-likeness (QED) is 0.727. The van der Waals surface area contributed by atoms with E-state index in [1.165, 1.54) is 0 Å². The second kappa shape index (κ2) is 5.62. The van der Waals surface area contributed by atoms with Gasteiger partial charge in [0, 0.05) is 0 Å². The summed E-state index contributed by atoms with van der Waals surface area (Å²) < 4.78 is 5.76. The van der Waals surface area contributed by atoms with Crippen LogP contribution in [-0.4, -0.2) is 0 Å². The summed E-state index contributed by atoms with van der Waals surface area (Å²) >= 11 is 6.10. The summed E-state index contributed by atoms with van der Waals surface area (Å²) in [4.78, 5) is 0. The Morgan fingerprint density at radius 3 is 2.78 bits per heavy atom. The first-order valence-corrected chi connectivity index (χ1v) is 5.90. The first-order valence-electron chi connectivity index (χ1n) is 5.52. The number of terminal acetylenes is 1. The zero-order valence-electron chi connectivity index (χ0n) is 9.98. The Balaban J connectivity index is 2.28. The van der Waals surface area contributed by atoms with E-state index in [9.17, 15) is 0 Å². The molecule has 0 unspecified atom stereocenters. The van der Waals surface area contributed by atoms with Gasteiger partial charge in [0.05, 0.1) is 11.4 Å². The van der Waals surface area contributed by atoms with Gasteiger partial charge in [-0.05, 0) is 42.3 Å². The molecule has 0 aliphatic carbocycles. The maximum atomic E-state index is 6.10. The van der Waals surface area contributed by atoms with Crippen LogP contribution >= 0.6 is 11.6 Å². The van der Waals surface area contributed by atoms with Crippen molar-refractivity contribution in [3.63, 3.8) is 0 Å². The molecule has 89 valence electrons. The highest BCUT2D eigenvalue weighted by Crippen LogP contribution is 2.30. The van der Waals surface area contributed by atoms with Crippen LogP contribution in [0.3, 0.4) is 0 Å². The second-order valence-corrected chi connectivity index (χ2v) is 4.33. The van der Waals surface area contributed by atoms with Crippen molar-refractivity contribution in [3.8, 4) is 23.8 Å². The van der Waals surface area contributed by atoms with Crippen molar-refractivity contribution in [2.24, 2.45) is 0 Å². The molecule has 0 amide bonds. The molecule has 2 aromatic rings. The predicted molar refractivity (Wildman–Crippen MR) is 74.9 cm³/mol. The molecule has 2 heteroatoms. The number of benzene rings is 2. The molecular weight excluding hydrogens is 244 g/mol. The largest absolute Gasteiger partial charge is 0.456 e. The van der Waals surface area contributed by atoms with Crippen molar-refractivity contribution in [2.45, 2.75) is 6.92 Å². The Hall–Kier alpha value is -1.91. The lowest BCUT2D eigenvalue weighted by Crippen LogP contribution is -1.88. The van der Waals surface area contributed by atoms with Crippen LogP contribution in [0.1, 0.15) is 11.1 Å². The third-order valence-electron chi connectivity index (χ3n) is 2.42. The number of aryl methyl sites for hydroxylation is 1. The van der Waals surface area contributed by atoms with Gasteiger partial charge < -0.3 is 4.74 Å². The number of hydrogen-bond donors (Lipinski definition) is 0. The third-order valence-corrected chi connectivity index (χ3v) is 2.73. The van der Waals surface area contributed by atoms with Crippen LogP contribution in [0.4, 0.5) is 0 Å². The van der Waals surface area contributed by atoms with E-state index in [2.05, 4.69) is 5.92 Å². The summed E-state index contributed by atoms with van der Waals surface area (Å²) in [5, 5.41) is 0.561. The van der Waals surface area contributed by atoms with Crippen molar-refractivity contribution in [1.82, 2.24) is 0 Å². The molecule has 2 aromatic carbocycles. The standard InChI is InChI=1S/C16H12ClO/c1-3-5-13-8-9-15(17)16(11-13)18-14-7-4-6-12(2)10-14/h1,4-11H,2H3. The highest BCUT2D eigenvalue weighted by molar-refractivity contribution is 6.32. The van der Waals surface area contributed by atoms with Crippen LogP contribution in [0.25, 0.3) is 0 Å². The smallest absolute Gasteiger partial charge is 0.146 e. The molecule has 2 rings (SSSR count). The lowest BCUT2D eigenvalue weighted by molar-refractivity contribution is 0.482. The van der Waals surface area contributed by atoms with E-state index < -0.39 is 0 Å². The van der Waals surface area contributed by atoms with Gasteiger partial charge >= 0.3 is 0 Å². The summed E-state index contributed by atoms with van der Waals surface area (Å²) in [5.74, 6) is 3.84. The Bertz CT molecular complexity index is 596. The molecule has 1 radical (unpaired) electrons. The monoisotopic (exact) mass is 255 g/mol. The van der Waals surface area contributed by atoms with E-state index in [1.54, 1.807) is 12.5 Å². The maximum Gasteiger partial charge on any atom is 0.146 e. The molecule has 0 saturated heterocycles. The van der Waals surface area contributed by atoms with Gasteiger partial charge in [-0.3, -0.25) is 0 Å². The summed E-state index contributed by atoms with van der Waals surface area (Å²) in [7, 11) is 0. The first-order chi connectivity index (χ1) is 8.69. The Morgan fingerprint density at radius 1 is 1.22 bits per heavy atom. The molecule has 0 fully saturated rings. The zero-order valence-corrected chi connectivity index (χ0v) is 10.7. The van der Waals surface area contributed by atoms with Crippen LogP contribution in [0.2, 0.25) is 5.02 Å². The minimum Gasteiger partial charge on any atom is -0.456 e. The molecule has 0 atom stereocenters. The summed E-state index contributed by atoms with van der Waals surface area (Å²) in [5.41, 5.74) is 2.03. The van der Waals surface area contributed by atoms with Crippen LogP contribution < -0.4 is 4.74 Å². The van der Waals surface area contributed by atoms with Crippen molar-refractivity contribution in [2.75, 3.05) is 0 Å². The lowest BCUT2D eigenvalue weighted by atomic mass is 10.1. The average Bonchev–Trinajstić information content (AvgIpc) is 2.34. The van der Waals surface area contributed by atoms with Crippen LogP contribution in [0.15, 0.2) is 42.5 Å². The van der Waals surface area contributed by atoms with E-state index in [4.69, 9.17) is 22.8 Å². The maximum absolute atomic E-state index is 6.10. The van der Waals surface area contributed by atoms with Gasteiger partial charge in [0.2, 0.25) is 0 Å². The molecule has 0 aromatic heterocycles. The van der Waals surface area contributed by atoms with E-state index in [0.717, 1.165) is 16.9 Å². The Labute approximate surface area is 112 Å². The zero-order chi connectivity index (χ0) is 13.0. The number of hydrogen-bond acceptors (Lipinski definition) is 1. The minimum absolute atomic E-state index is 0.561. The lowest BCUT2D eigenvalue weighted by Gasteiger charge is -2.09. The van der Waals surface area contributed by atoms with Gasteiger partial charge in [-0.25, -0.2) is 0 Å². The first kappa shape index (κ1) is 12.5. The molecule has 0 N–H and O–H groups in total. The molecule has 0 aliphatic heterocycles. The molecule has 18 heavy (non-hydrogen) atoms. The fraction of sp³-hybridized carbons (Fsp3) is 0.0625. The number of rotatable bonds is 3. The Morgan fingerprint density at radius 2 is 2.06 bits per heavy atom. The predicted octanol–water partition coefficient (Wildman–Crippen LogP) is 4.63. The fourth-order valence-electron chi connectivity index (χ4n) is 1.59. The average molecular weight is 256 g/mol. The van der Waals surface area contributed by atoms with E-state index >= 15 is 0 Å². The minimum atomic E-state index is 0.561. The van der Waals surface area contributed by atoms with Crippen molar-refractivity contribution in [1.29, 1.82) is 0 Å². The molecule has 0 aliphatic rings.